The van der Waals surface area contributed by atoms with Gasteiger partial charge in [0.15, 0.2) is 0 Å². The monoisotopic (exact) mass is 807 g/mol. The maximum Gasteiger partial charge on any atom is 0.252 e. The predicted molar refractivity (Wildman–Crippen MR) is 269 cm³/mol. The summed E-state index contributed by atoms with van der Waals surface area (Å²) in [6, 6.07) is 79.6. The molecule has 0 atom stereocenters. The molecule has 0 N–H and O–H groups in total. The van der Waals surface area contributed by atoms with E-state index in [0.29, 0.717) is 0 Å². The minimum atomic E-state index is -0.109. The van der Waals surface area contributed by atoms with Gasteiger partial charge in [0.25, 0.3) is 6.71 Å². The molecule has 5 heterocycles. The number of fused-ring (bicyclic) bond motifs is 22. The molecule has 0 bridgehead atoms. The minimum absolute atomic E-state index is 0.0871. The van der Waals surface area contributed by atoms with E-state index < -0.39 is 0 Å². The molecule has 0 fully saturated rings. The van der Waals surface area contributed by atoms with Crippen LogP contribution in [-0.4, -0.2) is 18.0 Å². The van der Waals surface area contributed by atoms with E-state index >= 15 is 0 Å². The molecule has 0 saturated heterocycles. The van der Waals surface area contributed by atoms with Gasteiger partial charge in [0.05, 0.1) is 5.52 Å². The number of aromatic nitrogens is 1. The van der Waals surface area contributed by atoms with E-state index in [4.69, 9.17) is 4.74 Å². The quantitative estimate of drug-likeness (QED) is 0.139. The van der Waals surface area contributed by atoms with Crippen molar-refractivity contribution in [1.29, 1.82) is 0 Å². The molecule has 0 aliphatic carbocycles. The van der Waals surface area contributed by atoms with Crippen LogP contribution < -0.4 is 37.5 Å². The molecule has 292 valence electrons. The highest BCUT2D eigenvalue weighted by Crippen LogP contribution is 2.45. The van der Waals surface area contributed by atoms with Crippen molar-refractivity contribution >= 4 is 68.0 Å². The second-order valence-corrected chi connectivity index (χ2v) is 17.8. The van der Waals surface area contributed by atoms with E-state index in [-0.39, 0.29) is 13.4 Å². The minimum Gasteiger partial charge on any atom is -0.458 e. The smallest absolute Gasteiger partial charge is 0.252 e. The van der Waals surface area contributed by atoms with Crippen LogP contribution in [0, 0.1) is 0 Å². The van der Waals surface area contributed by atoms with Crippen molar-refractivity contribution in [3.63, 3.8) is 0 Å². The summed E-state index contributed by atoms with van der Waals surface area (Å²) in [5, 5.41) is 2.53. The number of benzene rings is 10. The van der Waals surface area contributed by atoms with Crippen LogP contribution in [0.3, 0.4) is 0 Å². The third-order valence-corrected chi connectivity index (χ3v) is 14.8. The van der Waals surface area contributed by atoms with Crippen LogP contribution in [0.5, 0.6) is 11.5 Å². The van der Waals surface area contributed by atoms with Gasteiger partial charge in [-0.15, -0.1) is 0 Å². The van der Waals surface area contributed by atoms with E-state index in [1.807, 2.05) is 0 Å². The Bertz CT molecular complexity index is 3860. The molecule has 0 spiro atoms. The summed E-state index contributed by atoms with van der Waals surface area (Å²) in [4.78, 5) is 0. The molecule has 11 aromatic rings. The van der Waals surface area contributed by atoms with Gasteiger partial charge in [-0.25, -0.2) is 0 Å². The van der Waals surface area contributed by atoms with Crippen molar-refractivity contribution in [2.45, 2.75) is 0 Å². The maximum atomic E-state index is 7.33. The highest BCUT2D eigenvalue weighted by atomic mass is 16.5. The van der Waals surface area contributed by atoms with Crippen LogP contribution in [0.2, 0.25) is 0 Å². The second kappa shape index (κ2) is 12.8. The van der Waals surface area contributed by atoms with E-state index in [9.17, 15) is 0 Å². The highest BCUT2D eigenvalue weighted by molar-refractivity contribution is 7.02. The third kappa shape index (κ3) is 4.47. The lowest BCUT2D eigenvalue weighted by Crippen LogP contribution is -2.61. The van der Waals surface area contributed by atoms with E-state index in [1.165, 1.54) is 127 Å². The zero-order chi connectivity index (χ0) is 41.6. The fourth-order valence-corrected chi connectivity index (χ4v) is 12.2. The molecule has 0 radical (unpaired) electrons. The molecule has 64 heavy (non-hydrogen) atoms. The number of nitrogens with zero attached hydrogens (tertiary/aromatic N) is 1. The standard InChI is InChI=1S/C60H35B2NO/c1-6-21-41-36(16-1)38-18-3-7-22-42(38)47-27-15-31-56-58(47)62(51-29-13-10-25-45(41)51)53-34-52-55(35-57(53)64-56)63-54-30-14-11-26-46(54)49-33-32-48-43-23-8-4-19-39(43)37-17-2-5-20-40(37)44-24-9-12-28-50(44)61(52)59(48)60(49)63/h1-35H. The van der Waals surface area contributed by atoms with E-state index in [0.717, 1.165) is 11.5 Å². The summed E-state index contributed by atoms with van der Waals surface area (Å²) >= 11 is 0. The molecule has 2 nitrogen and oxygen atoms in total. The molecular weight excluding hydrogens is 772 g/mol. The Labute approximate surface area is 371 Å². The van der Waals surface area contributed by atoms with Gasteiger partial charge >= 0.3 is 0 Å². The van der Waals surface area contributed by atoms with Gasteiger partial charge in [0.2, 0.25) is 6.71 Å². The largest absolute Gasteiger partial charge is 0.458 e. The molecule has 0 saturated carbocycles. The Kier molecular flexibility index (Phi) is 6.88. The zero-order valence-electron chi connectivity index (χ0n) is 34.7. The van der Waals surface area contributed by atoms with Crippen LogP contribution in [0.4, 0.5) is 0 Å². The van der Waals surface area contributed by atoms with Crippen LogP contribution in [0.1, 0.15) is 0 Å². The topological polar surface area (TPSA) is 14.2 Å². The fraction of sp³-hybridized carbons (Fsp3) is 0. The molecule has 4 aliphatic heterocycles. The molecule has 0 amide bonds. The lowest BCUT2D eigenvalue weighted by Gasteiger charge is -2.34. The van der Waals surface area contributed by atoms with Gasteiger partial charge < -0.3 is 9.30 Å². The Balaban J connectivity index is 1.12. The maximum absolute atomic E-state index is 7.33. The Morgan fingerprint density at radius 1 is 0.297 bits per heavy atom. The number of rotatable bonds is 0. The average Bonchev–Trinajstić information content (AvgIpc) is 3.73. The summed E-state index contributed by atoms with van der Waals surface area (Å²) in [7, 11) is 0. The first-order valence-electron chi connectivity index (χ1n) is 22.4. The molecule has 4 aliphatic rings. The van der Waals surface area contributed by atoms with Gasteiger partial charge in [-0.3, -0.25) is 0 Å². The number of para-hydroxylation sites is 1. The average molecular weight is 808 g/mol. The Morgan fingerprint density at radius 3 is 1.34 bits per heavy atom. The van der Waals surface area contributed by atoms with Gasteiger partial charge in [-0.05, 0) is 101 Å². The molecule has 10 aromatic carbocycles. The molecule has 1 aromatic heterocycles. The molecule has 15 rings (SSSR count). The number of ether oxygens (including phenoxy) is 1. The highest BCUT2D eigenvalue weighted by Gasteiger charge is 2.43. The first-order chi connectivity index (χ1) is 31.8. The Hall–Kier alpha value is -8.07. The molecule has 0 unspecified atom stereocenters. The van der Waals surface area contributed by atoms with Crippen LogP contribution in [-0.2, 0) is 0 Å². The lowest BCUT2D eigenvalue weighted by atomic mass is 9.31. The lowest BCUT2D eigenvalue weighted by molar-refractivity contribution is 0.487. The van der Waals surface area contributed by atoms with Gasteiger partial charge in [0, 0.05) is 28.0 Å². The Morgan fingerprint density at radius 2 is 0.750 bits per heavy atom. The van der Waals surface area contributed by atoms with Crippen molar-refractivity contribution in [2.24, 2.45) is 0 Å². The second-order valence-electron chi connectivity index (χ2n) is 17.8. The van der Waals surface area contributed by atoms with Crippen molar-refractivity contribution in [3.8, 4) is 83.9 Å². The van der Waals surface area contributed by atoms with Crippen LogP contribution in [0.15, 0.2) is 212 Å². The summed E-state index contributed by atoms with van der Waals surface area (Å²) < 4.78 is 9.89. The van der Waals surface area contributed by atoms with Crippen molar-refractivity contribution in [1.82, 2.24) is 4.57 Å². The van der Waals surface area contributed by atoms with Crippen molar-refractivity contribution in [2.75, 3.05) is 0 Å². The first kappa shape index (κ1) is 34.5. The van der Waals surface area contributed by atoms with Crippen molar-refractivity contribution in [3.05, 3.63) is 212 Å². The van der Waals surface area contributed by atoms with E-state index in [1.54, 1.807) is 0 Å². The van der Waals surface area contributed by atoms with Crippen LogP contribution >= 0.6 is 0 Å². The zero-order valence-corrected chi connectivity index (χ0v) is 34.7. The van der Waals surface area contributed by atoms with E-state index in [2.05, 4.69) is 217 Å². The first-order valence-corrected chi connectivity index (χ1v) is 22.4. The molecular formula is C60H35B2NO. The van der Waals surface area contributed by atoms with Gasteiger partial charge in [0.1, 0.15) is 11.5 Å². The number of hydrogen-bond donors (Lipinski definition) is 0. The number of hydrogen-bond acceptors (Lipinski definition) is 1. The van der Waals surface area contributed by atoms with Gasteiger partial charge in [-0.1, -0.05) is 205 Å². The summed E-state index contributed by atoms with van der Waals surface area (Å²) in [6.45, 7) is -0.197. The molecule has 4 heteroatoms. The summed E-state index contributed by atoms with van der Waals surface area (Å²) in [6.07, 6.45) is 0. The third-order valence-electron chi connectivity index (χ3n) is 14.8. The fourth-order valence-electron chi connectivity index (χ4n) is 12.2. The van der Waals surface area contributed by atoms with Gasteiger partial charge in [-0.2, -0.15) is 0 Å². The normalized spacial score (nSPS) is 13.1. The van der Waals surface area contributed by atoms with Crippen LogP contribution in [0.25, 0.3) is 94.3 Å². The van der Waals surface area contributed by atoms with Crippen molar-refractivity contribution < 1.29 is 4.74 Å². The summed E-state index contributed by atoms with van der Waals surface area (Å²) in [5.41, 5.74) is 26.2. The predicted octanol–water partition coefficient (Wildman–Crippen LogP) is 10.9. The SMILES string of the molecule is c1ccc2c(c1)B1c3cc4c(cc3Oc3cccc(c31)-c1ccccc1-c1ccccc1-2)-n1c2ccccc2c2ccc3c(c21)B4c1ccccc1-c1ccccc1-c1ccccc1-3. The summed E-state index contributed by atoms with van der Waals surface area (Å²) in [5.74, 6) is 1.81.